The monoisotopic (exact) mass is 330 g/mol. The zero-order chi connectivity index (χ0) is 16.7. The molecule has 128 valence electrons. The lowest BCUT2D eigenvalue weighted by Crippen LogP contribution is -2.45. The molecule has 24 heavy (non-hydrogen) atoms. The fourth-order valence-electron chi connectivity index (χ4n) is 4.53. The van der Waals surface area contributed by atoms with Crippen LogP contribution in [0.1, 0.15) is 37.8 Å². The SMILES string of the molecule is O=c1[nH]c(CCCN2C3CCC2CC(O)C3)cc2cccc(F)c12. The van der Waals surface area contributed by atoms with Gasteiger partial charge in [0.25, 0.3) is 5.56 Å². The Morgan fingerprint density at radius 3 is 2.75 bits per heavy atom. The van der Waals surface area contributed by atoms with Crippen molar-refractivity contribution in [1.29, 1.82) is 0 Å². The number of hydrogen-bond donors (Lipinski definition) is 2. The number of H-pyrrole nitrogens is 1. The molecule has 2 aliphatic heterocycles. The maximum absolute atomic E-state index is 13.8. The Labute approximate surface area is 140 Å². The van der Waals surface area contributed by atoms with Crippen molar-refractivity contribution < 1.29 is 9.50 Å². The van der Waals surface area contributed by atoms with Crippen molar-refractivity contribution in [3.8, 4) is 0 Å². The van der Waals surface area contributed by atoms with Gasteiger partial charge in [0.2, 0.25) is 0 Å². The predicted molar refractivity (Wildman–Crippen MR) is 91.6 cm³/mol. The molecule has 2 saturated heterocycles. The highest BCUT2D eigenvalue weighted by atomic mass is 19.1. The number of halogens is 1. The normalized spacial score (nSPS) is 27.0. The average Bonchev–Trinajstić information content (AvgIpc) is 2.78. The first-order valence-electron chi connectivity index (χ1n) is 8.86. The molecule has 2 aliphatic rings. The molecular weight excluding hydrogens is 307 g/mol. The van der Waals surface area contributed by atoms with E-state index in [-0.39, 0.29) is 17.0 Å². The molecule has 2 bridgehead atoms. The lowest BCUT2D eigenvalue weighted by atomic mass is 9.99. The molecule has 0 aliphatic carbocycles. The van der Waals surface area contributed by atoms with Crippen molar-refractivity contribution in [2.45, 2.75) is 56.7 Å². The van der Waals surface area contributed by atoms with Gasteiger partial charge in [0.1, 0.15) is 5.82 Å². The van der Waals surface area contributed by atoms with Gasteiger partial charge in [-0.1, -0.05) is 12.1 Å². The predicted octanol–water partition coefficient (Wildman–Crippen LogP) is 2.59. The maximum Gasteiger partial charge on any atom is 0.258 e. The minimum atomic E-state index is -0.469. The minimum Gasteiger partial charge on any atom is -0.393 e. The molecule has 0 spiro atoms. The van der Waals surface area contributed by atoms with Gasteiger partial charge in [-0.25, -0.2) is 4.39 Å². The quantitative estimate of drug-likeness (QED) is 0.906. The third-order valence-electron chi connectivity index (χ3n) is 5.60. The number of aromatic amines is 1. The molecule has 3 heterocycles. The van der Waals surface area contributed by atoms with Gasteiger partial charge in [0, 0.05) is 17.8 Å². The molecule has 5 heteroatoms. The second-order valence-corrected chi connectivity index (χ2v) is 7.18. The van der Waals surface area contributed by atoms with Gasteiger partial charge in [-0.05, 0) is 62.6 Å². The van der Waals surface area contributed by atoms with Crippen molar-refractivity contribution in [1.82, 2.24) is 9.88 Å². The molecule has 4 rings (SSSR count). The molecule has 2 atom stereocenters. The number of fused-ring (bicyclic) bond motifs is 3. The van der Waals surface area contributed by atoms with Gasteiger partial charge in [-0.2, -0.15) is 0 Å². The molecule has 1 aromatic heterocycles. The summed E-state index contributed by atoms with van der Waals surface area (Å²) in [5.41, 5.74) is 0.518. The summed E-state index contributed by atoms with van der Waals surface area (Å²) in [4.78, 5) is 17.5. The third-order valence-corrected chi connectivity index (χ3v) is 5.60. The standard InChI is InChI=1S/C19H23FN2O2/c20-17-5-1-3-12-9-13(21-19(24)18(12)17)4-2-8-22-14-6-7-15(22)11-16(23)10-14/h1,3,5,9,14-16,23H,2,4,6-8,10-11H2,(H,21,24). The minimum absolute atomic E-state index is 0.134. The summed E-state index contributed by atoms with van der Waals surface area (Å²) in [6.07, 6.45) is 5.76. The number of benzene rings is 1. The summed E-state index contributed by atoms with van der Waals surface area (Å²) in [6, 6.07) is 7.65. The molecular formula is C19H23FN2O2. The van der Waals surface area contributed by atoms with Gasteiger partial charge >= 0.3 is 0 Å². The van der Waals surface area contributed by atoms with Crippen LogP contribution in [0.4, 0.5) is 4.39 Å². The first kappa shape index (κ1) is 15.8. The molecule has 0 saturated carbocycles. The molecule has 2 aromatic rings. The highest BCUT2D eigenvalue weighted by Crippen LogP contribution is 2.35. The number of rotatable bonds is 4. The summed E-state index contributed by atoms with van der Waals surface area (Å²) in [5.74, 6) is -0.469. The van der Waals surface area contributed by atoms with Gasteiger partial charge in [-0.15, -0.1) is 0 Å². The van der Waals surface area contributed by atoms with E-state index in [4.69, 9.17) is 0 Å². The van der Waals surface area contributed by atoms with E-state index < -0.39 is 5.82 Å². The smallest absolute Gasteiger partial charge is 0.258 e. The lowest BCUT2D eigenvalue weighted by molar-refractivity contribution is 0.0350. The zero-order valence-corrected chi connectivity index (χ0v) is 13.7. The van der Waals surface area contributed by atoms with Crippen LogP contribution in [0.2, 0.25) is 0 Å². The highest BCUT2D eigenvalue weighted by Gasteiger charge is 2.39. The van der Waals surface area contributed by atoms with E-state index in [9.17, 15) is 14.3 Å². The van der Waals surface area contributed by atoms with Gasteiger partial charge in [0.15, 0.2) is 0 Å². The van der Waals surface area contributed by atoms with Crippen LogP contribution in [0, 0.1) is 5.82 Å². The number of aromatic nitrogens is 1. The van der Waals surface area contributed by atoms with E-state index in [1.165, 1.54) is 18.9 Å². The number of nitrogens with zero attached hydrogens (tertiary/aromatic N) is 1. The fourth-order valence-corrected chi connectivity index (χ4v) is 4.53. The number of aryl methyl sites for hydroxylation is 1. The Balaban J connectivity index is 1.43. The molecule has 0 radical (unpaired) electrons. The Hall–Kier alpha value is -1.72. The molecule has 2 N–H and O–H groups in total. The number of nitrogens with one attached hydrogen (secondary N) is 1. The lowest BCUT2D eigenvalue weighted by Gasteiger charge is -2.37. The van der Waals surface area contributed by atoms with E-state index in [1.54, 1.807) is 12.1 Å². The van der Waals surface area contributed by atoms with Crippen molar-refractivity contribution in [3.05, 3.63) is 46.1 Å². The number of hydrogen-bond acceptors (Lipinski definition) is 3. The van der Waals surface area contributed by atoms with Crippen LogP contribution in [0.5, 0.6) is 0 Å². The number of aliphatic hydroxyl groups is 1. The van der Waals surface area contributed by atoms with Crippen molar-refractivity contribution in [2.24, 2.45) is 0 Å². The number of aliphatic hydroxyl groups excluding tert-OH is 1. The Kier molecular flexibility index (Phi) is 4.14. The molecule has 0 amide bonds. The maximum atomic E-state index is 13.8. The van der Waals surface area contributed by atoms with Crippen molar-refractivity contribution in [2.75, 3.05) is 6.54 Å². The van der Waals surface area contributed by atoms with Gasteiger partial charge in [-0.3, -0.25) is 9.69 Å². The second-order valence-electron chi connectivity index (χ2n) is 7.18. The second kappa shape index (κ2) is 6.30. The average molecular weight is 330 g/mol. The summed E-state index contributed by atoms with van der Waals surface area (Å²) >= 11 is 0. The Morgan fingerprint density at radius 1 is 1.25 bits per heavy atom. The Morgan fingerprint density at radius 2 is 2.00 bits per heavy atom. The summed E-state index contributed by atoms with van der Waals surface area (Å²) in [7, 11) is 0. The van der Waals surface area contributed by atoms with Crippen LogP contribution in [0.15, 0.2) is 29.1 Å². The summed E-state index contributed by atoms with van der Waals surface area (Å²) < 4.78 is 13.8. The highest BCUT2D eigenvalue weighted by molar-refractivity contribution is 5.82. The first-order valence-corrected chi connectivity index (χ1v) is 8.86. The topological polar surface area (TPSA) is 56.3 Å². The molecule has 2 fully saturated rings. The van der Waals surface area contributed by atoms with Crippen LogP contribution < -0.4 is 5.56 Å². The van der Waals surface area contributed by atoms with E-state index >= 15 is 0 Å². The van der Waals surface area contributed by atoms with Crippen molar-refractivity contribution in [3.63, 3.8) is 0 Å². The zero-order valence-electron chi connectivity index (χ0n) is 13.7. The van der Waals surface area contributed by atoms with Crippen LogP contribution in [0.3, 0.4) is 0 Å². The molecule has 2 unspecified atom stereocenters. The van der Waals surface area contributed by atoms with E-state index in [2.05, 4.69) is 9.88 Å². The van der Waals surface area contributed by atoms with Crippen LogP contribution in [-0.2, 0) is 6.42 Å². The largest absolute Gasteiger partial charge is 0.393 e. The summed E-state index contributed by atoms with van der Waals surface area (Å²) in [6.45, 7) is 0.991. The fraction of sp³-hybridized carbons (Fsp3) is 0.526. The molecule has 4 nitrogen and oxygen atoms in total. The van der Waals surface area contributed by atoms with Gasteiger partial charge < -0.3 is 10.1 Å². The van der Waals surface area contributed by atoms with Crippen LogP contribution in [0.25, 0.3) is 10.8 Å². The third kappa shape index (κ3) is 2.87. The van der Waals surface area contributed by atoms with Crippen LogP contribution in [-0.4, -0.2) is 39.7 Å². The first-order chi connectivity index (χ1) is 11.6. The van der Waals surface area contributed by atoms with Crippen molar-refractivity contribution >= 4 is 10.8 Å². The number of pyridine rings is 1. The van der Waals surface area contributed by atoms with E-state index in [0.717, 1.165) is 37.9 Å². The van der Waals surface area contributed by atoms with Crippen LogP contribution >= 0.6 is 0 Å². The number of piperidine rings is 1. The molecule has 1 aromatic carbocycles. The Bertz CT molecular complexity index is 790. The van der Waals surface area contributed by atoms with Gasteiger partial charge in [0.05, 0.1) is 11.5 Å². The van der Waals surface area contributed by atoms with E-state index in [0.29, 0.717) is 17.5 Å². The summed E-state index contributed by atoms with van der Waals surface area (Å²) in [5, 5.41) is 10.7. The van der Waals surface area contributed by atoms with E-state index in [1.807, 2.05) is 6.07 Å².